The van der Waals surface area contributed by atoms with E-state index in [4.69, 9.17) is 9.47 Å². The van der Waals surface area contributed by atoms with Crippen LogP contribution in [0.3, 0.4) is 0 Å². The third-order valence-electron chi connectivity index (χ3n) is 5.92. The van der Waals surface area contributed by atoms with Gasteiger partial charge in [0.05, 0.1) is 20.8 Å². The maximum absolute atomic E-state index is 14.1. The van der Waals surface area contributed by atoms with Crippen molar-refractivity contribution < 1.29 is 23.3 Å². The Bertz CT molecular complexity index is 1260. The second kappa shape index (κ2) is 10.0. The molecule has 2 aromatic heterocycles. The third kappa shape index (κ3) is 4.79. The van der Waals surface area contributed by atoms with Crippen LogP contribution in [0.1, 0.15) is 33.0 Å². The SMILES string of the molecule is COc1ccc(CN2CCc3c(C(=O)NCc4nonc4C)c(OC)cc(=O)n3CC2)cc1F. The normalized spacial score (nSPS) is 13.8. The molecule has 3 aromatic rings. The number of benzene rings is 1. The van der Waals surface area contributed by atoms with Crippen molar-refractivity contribution in [3.05, 3.63) is 68.6 Å². The summed E-state index contributed by atoms with van der Waals surface area (Å²) in [5, 5.41) is 10.3. The smallest absolute Gasteiger partial charge is 0.257 e. The number of hydrogen-bond donors (Lipinski definition) is 1. The molecule has 0 saturated carbocycles. The van der Waals surface area contributed by atoms with Gasteiger partial charge < -0.3 is 19.4 Å². The highest BCUT2D eigenvalue weighted by Crippen LogP contribution is 2.24. The average molecular weight is 471 g/mol. The van der Waals surface area contributed by atoms with Gasteiger partial charge in [0, 0.05) is 44.4 Å². The number of nitrogens with one attached hydrogen (secondary N) is 1. The van der Waals surface area contributed by atoms with Gasteiger partial charge in [-0.15, -0.1) is 0 Å². The zero-order chi connectivity index (χ0) is 24.2. The van der Waals surface area contributed by atoms with Crippen LogP contribution in [0.5, 0.6) is 11.5 Å². The number of rotatable bonds is 7. The first-order valence-corrected chi connectivity index (χ1v) is 10.8. The maximum Gasteiger partial charge on any atom is 0.257 e. The highest BCUT2D eigenvalue weighted by molar-refractivity contribution is 5.98. The number of carbonyl (C=O) groups is 1. The van der Waals surface area contributed by atoms with E-state index in [0.29, 0.717) is 55.2 Å². The third-order valence-corrected chi connectivity index (χ3v) is 5.92. The monoisotopic (exact) mass is 471 g/mol. The van der Waals surface area contributed by atoms with Crippen molar-refractivity contribution in [2.45, 2.75) is 33.0 Å². The Morgan fingerprint density at radius 2 is 1.94 bits per heavy atom. The number of amides is 1. The van der Waals surface area contributed by atoms with Crippen molar-refractivity contribution in [2.24, 2.45) is 0 Å². The molecule has 34 heavy (non-hydrogen) atoms. The quantitative estimate of drug-likeness (QED) is 0.554. The van der Waals surface area contributed by atoms with E-state index < -0.39 is 5.82 Å². The Hall–Kier alpha value is -3.73. The molecule has 4 rings (SSSR count). The van der Waals surface area contributed by atoms with Crippen LogP contribution < -0.4 is 20.3 Å². The van der Waals surface area contributed by atoms with Gasteiger partial charge in [0.1, 0.15) is 22.7 Å². The lowest BCUT2D eigenvalue weighted by atomic mass is 10.1. The van der Waals surface area contributed by atoms with Gasteiger partial charge >= 0.3 is 0 Å². The molecule has 3 heterocycles. The van der Waals surface area contributed by atoms with Crippen molar-refractivity contribution in [2.75, 3.05) is 27.3 Å². The number of aromatic nitrogens is 3. The van der Waals surface area contributed by atoms with Crippen molar-refractivity contribution in [1.29, 1.82) is 0 Å². The number of ether oxygens (including phenoxy) is 2. The lowest BCUT2D eigenvalue weighted by molar-refractivity contribution is 0.0944. The fourth-order valence-corrected chi connectivity index (χ4v) is 4.09. The minimum atomic E-state index is -0.421. The number of halogens is 1. The number of methoxy groups -OCH3 is 2. The van der Waals surface area contributed by atoms with Crippen molar-refractivity contribution in [1.82, 2.24) is 25.1 Å². The Morgan fingerprint density at radius 3 is 2.62 bits per heavy atom. The largest absolute Gasteiger partial charge is 0.496 e. The molecule has 0 aliphatic carbocycles. The van der Waals surface area contributed by atoms with E-state index in [2.05, 4.69) is 25.2 Å². The average Bonchev–Trinajstić information content (AvgIpc) is 3.12. The van der Waals surface area contributed by atoms with Crippen molar-refractivity contribution >= 4 is 5.91 Å². The van der Waals surface area contributed by atoms with Crippen LogP contribution >= 0.6 is 0 Å². The topological polar surface area (TPSA) is 112 Å². The molecule has 1 aliphatic rings. The molecule has 11 heteroatoms. The second-order valence-electron chi connectivity index (χ2n) is 8.00. The molecule has 180 valence electrons. The van der Waals surface area contributed by atoms with Gasteiger partial charge in [-0.1, -0.05) is 16.4 Å². The zero-order valence-electron chi connectivity index (χ0n) is 19.3. The fraction of sp³-hybridized carbons (Fsp3) is 0.391. The van der Waals surface area contributed by atoms with Crippen molar-refractivity contribution in [3.63, 3.8) is 0 Å². The summed E-state index contributed by atoms with van der Waals surface area (Å²) in [6, 6.07) is 6.19. The summed E-state index contributed by atoms with van der Waals surface area (Å²) in [6.07, 6.45) is 0.443. The number of pyridine rings is 1. The van der Waals surface area contributed by atoms with Crippen LogP contribution in [0, 0.1) is 12.7 Å². The zero-order valence-corrected chi connectivity index (χ0v) is 19.3. The molecule has 0 saturated heterocycles. The summed E-state index contributed by atoms with van der Waals surface area (Å²) < 4.78 is 30.8. The Labute approximate surface area is 195 Å². The second-order valence-corrected chi connectivity index (χ2v) is 8.00. The summed E-state index contributed by atoms with van der Waals surface area (Å²) in [6.45, 7) is 3.90. The lowest BCUT2D eigenvalue weighted by Gasteiger charge is -2.19. The first-order chi connectivity index (χ1) is 16.4. The first-order valence-electron chi connectivity index (χ1n) is 10.8. The van der Waals surface area contributed by atoms with Gasteiger partial charge in [-0.2, -0.15) is 0 Å². The Morgan fingerprint density at radius 1 is 1.15 bits per heavy atom. The van der Waals surface area contributed by atoms with Gasteiger partial charge in [0.2, 0.25) is 0 Å². The van der Waals surface area contributed by atoms with Crippen LogP contribution in [0.25, 0.3) is 0 Å². The van der Waals surface area contributed by atoms with Crippen LogP contribution in [0.15, 0.2) is 33.7 Å². The molecule has 0 bridgehead atoms. The van der Waals surface area contributed by atoms with E-state index in [0.717, 1.165) is 5.56 Å². The van der Waals surface area contributed by atoms with Crippen LogP contribution in [-0.4, -0.2) is 53.0 Å². The standard InChI is InChI=1S/C23H26FN5O5/c1-14-17(27-34-26-14)12-25-23(31)22-18-6-7-28(8-9-29(18)21(30)11-20(22)33-3)13-15-4-5-19(32-2)16(24)10-15/h4-5,10-11H,6-9,12-13H2,1-3H3,(H,25,31). The highest BCUT2D eigenvalue weighted by atomic mass is 19.1. The van der Waals surface area contributed by atoms with E-state index in [1.54, 1.807) is 17.6 Å². The molecule has 1 N–H and O–H groups in total. The van der Waals surface area contributed by atoms with Gasteiger partial charge in [0.15, 0.2) is 11.6 Å². The molecule has 0 unspecified atom stereocenters. The molecule has 1 amide bonds. The molecule has 1 aliphatic heterocycles. The van der Waals surface area contributed by atoms with Gasteiger partial charge in [0.25, 0.3) is 11.5 Å². The molecule has 0 radical (unpaired) electrons. The summed E-state index contributed by atoms with van der Waals surface area (Å²) in [5.41, 5.74) is 2.57. The van der Waals surface area contributed by atoms with Crippen molar-refractivity contribution in [3.8, 4) is 11.5 Å². The molecule has 0 spiro atoms. The predicted molar refractivity (Wildman–Crippen MR) is 119 cm³/mol. The number of nitrogens with zero attached hydrogens (tertiary/aromatic N) is 4. The minimum Gasteiger partial charge on any atom is -0.496 e. The molecule has 0 fully saturated rings. The molecular weight excluding hydrogens is 445 g/mol. The highest BCUT2D eigenvalue weighted by Gasteiger charge is 2.25. The number of fused-ring (bicyclic) bond motifs is 1. The lowest BCUT2D eigenvalue weighted by Crippen LogP contribution is -2.31. The first kappa shape index (κ1) is 23.4. The molecule has 1 aromatic carbocycles. The van der Waals surface area contributed by atoms with Gasteiger partial charge in [-0.05, 0) is 24.6 Å². The molecule has 10 nitrogen and oxygen atoms in total. The summed E-state index contributed by atoms with van der Waals surface area (Å²) in [4.78, 5) is 28.0. The summed E-state index contributed by atoms with van der Waals surface area (Å²) in [5.74, 6) is -0.392. The van der Waals surface area contributed by atoms with Gasteiger partial charge in [-0.25, -0.2) is 9.02 Å². The summed E-state index contributed by atoms with van der Waals surface area (Å²) in [7, 11) is 2.85. The number of aryl methyl sites for hydroxylation is 1. The van der Waals surface area contributed by atoms with E-state index in [-0.39, 0.29) is 29.5 Å². The van der Waals surface area contributed by atoms with E-state index >= 15 is 0 Å². The van der Waals surface area contributed by atoms with E-state index in [1.165, 1.54) is 26.4 Å². The van der Waals surface area contributed by atoms with E-state index in [1.807, 2.05) is 6.07 Å². The van der Waals surface area contributed by atoms with Crippen LogP contribution in [0.2, 0.25) is 0 Å². The molecule has 0 atom stereocenters. The molecular formula is C23H26FN5O5. The van der Waals surface area contributed by atoms with E-state index in [9.17, 15) is 14.0 Å². The Balaban J connectivity index is 1.56. The number of hydrogen-bond acceptors (Lipinski definition) is 8. The fourth-order valence-electron chi connectivity index (χ4n) is 4.09. The van der Waals surface area contributed by atoms with Crippen LogP contribution in [0.4, 0.5) is 4.39 Å². The van der Waals surface area contributed by atoms with Gasteiger partial charge in [-0.3, -0.25) is 14.5 Å². The predicted octanol–water partition coefficient (Wildman–Crippen LogP) is 1.68. The minimum absolute atomic E-state index is 0.130. The summed E-state index contributed by atoms with van der Waals surface area (Å²) >= 11 is 0. The maximum atomic E-state index is 14.1. The Kier molecular flexibility index (Phi) is 6.92. The number of carbonyl (C=O) groups excluding carboxylic acids is 1. The van der Waals surface area contributed by atoms with Crippen LogP contribution in [-0.2, 0) is 26.1 Å².